The van der Waals surface area contributed by atoms with Crippen molar-refractivity contribution < 1.29 is 4.74 Å². The van der Waals surface area contributed by atoms with E-state index in [1.807, 2.05) is 6.42 Å². The van der Waals surface area contributed by atoms with Crippen molar-refractivity contribution in [3.05, 3.63) is 6.42 Å². The van der Waals surface area contributed by atoms with Gasteiger partial charge in [-0.1, -0.05) is 0 Å². The summed E-state index contributed by atoms with van der Waals surface area (Å²) in [5, 5.41) is 0.171. The summed E-state index contributed by atoms with van der Waals surface area (Å²) in [6.45, 7) is 1.43. The van der Waals surface area contributed by atoms with Crippen molar-refractivity contribution in [3.8, 4) is 0 Å². The molecule has 1 nitrogen and oxygen atoms in total. The van der Waals surface area contributed by atoms with E-state index in [4.69, 9.17) is 16.3 Å². The molecular formula is C4H6ClO. The first-order chi connectivity index (χ1) is 2.89. The molecule has 0 spiro atoms. The Bertz CT molecular complexity index is 40.8. The molecule has 0 aromatic carbocycles. The van der Waals surface area contributed by atoms with Gasteiger partial charge in [0.2, 0.25) is 0 Å². The first-order valence-electron chi connectivity index (χ1n) is 1.95. The normalized spacial score (nSPS) is 34.5. The van der Waals surface area contributed by atoms with Crippen molar-refractivity contribution in [1.29, 1.82) is 0 Å². The van der Waals surface area contributed by atoms with Gasteiger partial charge in [-0.05, 0) is 0 Å². The van der Waals surface area contributed by atoms with Gasteiger partial charge in [0.05, 0.1) is 18.6 Å². The van der Waals surface area contributed by atoms with Crippen molar-refractivity contribution in [2.45, 2.75) is 5.38 Å². The molecule has 1 radical (unpaired) electrons. The van der Waals surface area contributed by atoms with Gasteiger partial charge >= 0.3 is 0 Å². The second-order valence-corrected chi connectivity index (χ2v) is 1.85. The Kier molecular flexibility index (Phi) is 1.33. The SMILES string of the molecule is ClC1[CH]COC1. The highest BCUT2D eigenvalue weighted by Gasteiger charge is 2.10. The molecule has 0 saturated carbocycles. The molecule has 0 amide bonds. The summed E-state index contributed by atoms with van der Waals surface area (Å²) in [6.07, 6.45) is 1.95. The zero-order chi connectivity index (χ0) is 4.41. The van der Waals surface area contributed by atoms with E-state index in [1.165, 1.54) is 0 Å². The van der Waals surface area contributed by atoms with Crippen molar-refractivity contribution in [1.82, 2.24) is 0 Å². The molecule has 0 bridgehead atoms. The van der Waals surface area contributed by atoms with Crippen molar-refractivity contribution in [3.63, 3.8) is 0 Å². The number of hydrogen-bond acceptors (Lipinski definition) is 1. The van der Waals surface area contributed by atoms with Gasteiger partial charge in [-0.3, -0.25) is 0 Å². The number of halogens is 1. The molecule has 1 aliphatic rings. The van der Waals surface area contributed by atoms with Crippen molar-refractivity contribution in [2.75, 3.05) is 13.2 Å². The molecule has 1 rings (SSSR count). The molecule has 0 aromatic heterocycles. The molecule has 1 atom stereocenters. The van der Waals surface area contributed by atoms with Crippen LogP contribution >= 0.6 is 11.6 Å². The molecule has 1 unspecified atom stereocenters. The molecule has 0 N–H and O–H groups in total. The summed E-state index contributed by atoms with van der Waals surface area (Å²) < 4.78 is 4.87. The van der Waals surface area contributed by atoms with Crippen molar-refractivity contribution in [2.24, 2.45) is 0 Å². The van der Waals surface area contributed by atoms with Gasteiger partial charge in [0.15, 0.2) is 0 Å². The Labute approximate surface area is 42.2 Å². The van der Waals surface area contributed by atoms with Crippen LogP contribution in [0.25, 0.3) is 0 Å². The molecule has 6 heavy (non-hydrogen) atoms. The van der Waals surface area contributed by atoms with Gasteiger partial charge in [0.1, 0.15) is 0 Å². The van der Waals surface area contributed by atoms with Gasteiger partial charge in [0.25, 0.3) is 0 Å². The molecule has 0 aromatic rings. The fourth-order valence-electron chi connectivity index (χ4n) is 0.421. The van der Waals surface area contributed by atoms with E-state index in [1.54, 1.807) is 0 Å². The molecule has 0 aliphatic carbocycles. The lowest BCUT2D eigenvalue weighted by Gasteiger charge is -1.86. The van der Waals surface area contributed by atoms with Gasteiger partial charge in [-0.25, -0.2) is 0 Å². The van der Waals surface area contributed by atoms with Crippen LogP contribution in [0.2, 0.25) is 0 Å². The van der Waals surface area contributed by atoms with Crippen LogP contribution in [0, 0.1) is 6.42 Å². The van der Waals surface area contributed by atoms with Gasteiger partial charge in [0, 0.05) is 6.42 Å². The fraction of sp³-hybridized carbons (Fsp3) is 0.750. The highest BCUT2D eigenvalue weighted by atomic mass is 35.5. The first kappa shape index (κ1) is 4.41. The largest absolute Gasteiger partial charge is 0.380 e. The van der Waals surface area contributed by atoms with Crippen molar-refractivity contribution >= 4 is 11.6 Å². The summed E-state index contributed by atoms with van der Waals surface area (Å²) in [5.41, 5.74) is 0. The van der Waals surface area contributed by atoms with Crippen LogP contribution in [0.15, 0.2) is 0 Å². The van der Waals surface area contributed by atoms with Gasteiger partial charge < -0.3 is 4.74 Å². The maximum absolute atomic E-state index is 5.53. The lowest BCUT2D eigenvalue weighted by Crippen LogP contribution is -1.93. The molecule has 1 saturated heterocycles. The minimum Gasteiger partial charge on any atom is -0.380 e. The Balaban J connectivity index is 2.18. The third-order valence-corrected chi connectivity index (χ3v) is 1.05. The van der Waals surface area contributed by atoms with Crippen LogP contribution in [0.3, 0.4) is 0 Å². The van der Waals surface area contributed by atoms with E-state index in [-0.39, 0.29) is 5.38 Å². The lowest BCUT2D eigenvalue weighted by molar-refractivity contribution is 0.205. The van der Waals surface area contributed by atoms with Gasteiger partial charge in [-0.2, -0.15) is 0 Å². The minimum atomic E-state index is 0.171. The Hall–Kier alpha value is 0.250. The van der Waals surface area contributed by atoms with E-state index >= 15 is 0 Å². The van der Waals surface area contributed by atoms with Crippen LogP contribution in [-0.2, 0) is 4.74 Å². The quantitative estimate of drug-likeness (QED) is 0.415. The average molecular weight is 106 g/mol. The van der Waals surface area contributed by atoms with Crippen LogP contribution in [0.5, 0.6) is 0 Å². The molecule has 2 heteroatoms. The Morgan fingerprint density at radius 2 is 2.67 bits per heavy atom. The maximum Gasteiger partial charge on any atom is 0.0633 e. The summed E-state index contributed by atoms with van der Waals surface area (Å²) in [4.78, 5) is 0. The first-order valence-corrected chi connectivity index (χ1v) is 2.38. The van der Waals surface area contributed by atoms with Crippen LogP contribution < -0.4 is 0 Å². The number of hydrogen-bond donors (Lipinski definition) is 0. The zero-order valence-corrected chi connectivity index (χ0v) is 4.11. The highest BCUT2D eigenvalue weighted by Crippen LogP contribution is 2.07. The molecule has 1 aliphatic heterocycles. The molecule has 1 heterocycles. The minimum absolute atomic E-state index is 0.171. The molecule has 1 fully saturated rings. The maximum atomic E-state index is 5.53. The third kappa shape index (κ3) is 0.854. The van der Waals surface area contributed by atoms with Gasteiger partial charge in [-0.15, -0.1) is 11.6 Å². The number of rotatable bonds is 0. The smallest absolute Gasteiger partial charge is 0.0633 e. The third-order valence-electron chi connectivity index (χ3n) is 0.747. The highest BCUT2D eigenvalue weighted by molar-refractivity contribution is 6.21. The average Bonchev–Trinajstić information content (AvgIpc) is 1.86. The predicted octanol–water partition coefficient (Wildman–Crippen LogP) is 0.828. The Morgan fingerprint density at radius 3 is 2.83 bits per heavy atom. The molecule has 35 valence electrons. The summed E-state index contributed by atoms with van der Waals surface area (Å²) in [5.74, 6) is 0. The summed E-state index contributed by atoms with van der Waals surface area (Å²) >= 11 is 5.53. The predicted molar refractivity (Wildman–Crippen MR) is 24.8 cm³/mol. The van der Waals surface area contributed by atoms with Crippen LogP contribution in [-0.4, -0.2) is 18.6 Å². The number of ether oxygens (including phenoxy) is 1. The lowest BCUT2D eigenvalue weighted by atomic mass is 10.4. The van der Waals surface area contributed by atoms with Crippen LogP contribution in [0.4, 0.5) is 0 Å². The molecular weight excluding hydrogens is 99.5 g/mol. The standard InChI is InChI=1S/C4H6ClO/c5-4-1-2-6-3-4/h1,4H,2-3H2. The van der Waals surface area contributed by atoms with E-state index in [0.29, 0.717) is 6.61 Å². The number of alkyl halides is 1. The summed E-state index contributed by atoms with van der Waals surface area (Å²) in [7, 11) is 0. The topological polar surface area (TPSA) is 9.23 Å². The van der Waals surface area contributed by atoms with Crippen LogP contribution in [0.1, 0.15) is 0 Å². The van der Waals surface area contributed by atoms with E-state index in [9.17, 15) is 0 Å². The fourth-order valence-corrected chi connectivity index (χ4v) is 0.583. The van der Waals surface area contributed by atoms with E-state index < -0.39 is 0 Å². The second-order valence-electron chi connectivity index (χ2n) is 1.29. The monoisotopic (exact) mass is 105 g/mol. The Morgan fingerprint density at radius 1 is 1.83 bits per heavy atom. The zero-order valence-electron chi connectivity index (χ0n) is 3.36. The summed E-state index contributed by atoms with van der Waals surface area (Å²) in [6, 6.07) is 0. The van der Waals surface area contributed by atoms with E-state index in [2.05, 4.69) is 0 Å². The van der Waals surface area contributed by atoms with E-state index in [0.717, 1.165) is 6.61 Å². The second kappa shape index (κ2) is 1.80.